The smallest absolute Gasteiger partial charge is 0.0540 e. The van der Waals surface area contributed by atoms with Crippen LogP contribution in [0.5, 0.6) is 0 Å². The first kappa shape index (κ1) is 34.6. The Kier molecular flexibility index (Phi) is 7.65. The predicted molar refractivity (Wildman–Crippen MR) is 257 cm³/mol. The van der Waals surface area contributed by atoms with Gasteiger partial charge in [-0.1, -0.05) is 190 Å². The second-order valence-electron chi connectivity index (χ2n) is 16.9. The van der Waals surface area contributed by atoms with Gasteiger partial charge in [0.2, 0.25) is 0 Å². The van der Waals surface area contributed by atoms with Gasteiger partial charge in [-0.15, -0.1) is 0 Å². The Hall–Kier alpha value is -7.48. The second-order valence-corrected chi connectivity index (χ2v) is 16.9. The van der Waals surface area contributed by atoms with Crippen LogP contribution in [0.2, 0.25) is 0 Å². The lowest BCUT2D eigenvalue weighted by Crippen LogP contribution is -2.17. The van der Waals surface area contributed by atoms with Crippen LogP contribution in [-0.4, -0.2) is 0 Å². The number of anilines is 3. The molecule has 11 aromatic carbocycles. The van der Waals surface area contributed by atoms with Gasteiger partial charge in [0, 0.05) is 22.1 Å². The first-order valence-corrected chi connectivity index (χ1v) is 21.0. The number of para-hydroxylation sites is 1. The summed E-state index contributed by atoms with van der Waals surface area (Å²) in [4.78, 5) is 2.48. The third-order valence-corrected chi connectivity index (χ3v) is 13.2. The zero-order chi connectivity index (χ0) is 40.0. The molecule has 12 rings (SSSR count). The van der Waals surface area contributed by atoms with Crippen LogP contribution in [0.15, 0.2) is 212 Å². The average Bonchev–Trinajstić information content (AvgIpc) is 3.54. The van der Waals surface area contributed by atoms with E-state index in [0.29, 0.717) is 0 Å². The van der Waals surface area contributed by atoms with E-state index < -0.39 is 0 Å². The van der Waals surface area contributed by atoms with Gasteiger partial charge >= 0.3 is 0 Å². The van der Waals surface area contributed by atoms with E-state index in [9.17, 15) is 0 Å². The maximum atomic E-state index is 2.48. The fraction of sp³-hybridized carbons (Fsp3) is 0.0508. The van der Waals surface area contributed by atoms with Crippen LogP contribution in [0.4, 0.5) is 17.1 Å². The molecule has 0 radical (unpaired) electrons. The van der Waals surface area contributed by atoms with E-state index in [4.69, 9.17) is 0 Å². The summed E-state index contributed by atoms with van der Waals surface area (Å²) in [6, 6.07) is 78.8. The van der Waals surface area contributed by atoms with Crippen molar-refractivity contribution in [3.8, 4) is 33.4 Å². The van der Waals surface area contributed by atoms with Crippen LogP contribution >= 0.6 is 0 Å². The molecule has 1 aliphatic carbocycles. The van der Waals surface area contributed by atoms with Crippen LogP contribution in [0, 0.1) is 0 Å². The van der Waals surface area contributed by atoms with Crippen LogP contribution in [-0.2, 0) is 5.41 Å². The van der Waals surface area contributed by atoms with Crippen molar-refractivity contribution in [3.05, 3.63) is 223 Å². The Bertz CT molecular complexity index is 3520. The van der Waals surface area contributed by atoms with Crippen molar-refractivity contribution in [2.45, 2.75) is 19.3 Å². The third kappa shape index (κ3) is 5.26. The topological polar surface area (TPSA) is 3.24 Å². The highest BCUT2D eigenvalue weighted by molar-refractivity contribution is 6.27. The average molecular weight is 764 g/mol. The van der Waals surface area contributed by atoms with Gasteiger partial charge in [-0.2, -0.15) is 0 Å². The third-order valence-electron chi connectivity index (χ3n) is 13.2. The van der Waals surface area contributed by atoms with Gasteiger partial charge in [0.05, 0.1) is 11.4 Å². The van der Waals surface area contributed by atoms with Crippen molar-refractivity contribution in [2.75, 3.05) is 4.90 Å². The highest BCUT2D eigenvalue weighted by Gasteiger charge is 2.36. The van der Waals surface area contributed by atoms with Crippen LogP contribution in [0.3, 0.4) is 0 Å². The molecule has 0 heterocycles. The van der Waals surface area contributed by atoms with Gasteiger partial charge in [-0.05, 0) is 124 Å². The van der Waals surface area contributed by atoms with Gasteiger partial charge in [-0.3, -0.25) is 0 Å². The molecule has 1 nitrogen and oxygen atoms in total. The lowest BCUT2D eigenvalue weighted by atomic mass is 9.82. The molecule has 0 spiro atoms. The van der Waals surface area contributed by atoms with Gasteiger partial charge in [0.25, 0.3) is 0 Å². The maximum absolute atomic E-state index is 2.48. The molecule has 0 aliphatic heterocycles. The predicted octanol–water partition coefficient (Wildman–Crippen LogP) is 16.6. The minimum Gasteiger partial charge on any atom is -0.309 e. The van der Waals surface area contributed by atoms with Crippen molar-refractivity contribution in [1.82, 2.24) is 0 Å². The molecule has 0 saturated carbocycles. The summed E-state index contributed by atoms with van der Waals surface area (Å²) in [5, 5.41) is 12.7. The summed E-state index contributed by atoms with van der Waals surface area (Å²) < 4.78 is 0. The standard InChI is InChI=1S/C59H41N/c1-59(2)53-20-10-8-19-51(53)52-34-31-46(37-54(52)59)60(55-21-11-9-17-47(55)38-13-4-3-5-14-38)56-22-12-16-44-35-42(29-32-48(44)56)43-30-33-50-45(36-43)28-27-41-26-25-40-24-23-39-15-6-7-18-49(39)57(40)58(41)50/h3-37H,1-2H3. The molecule has 0 amide bonds. The SMILES string of the molecule is CC1(C)c2ccccc2-c2ccc(N(c3ccccc3-c3ccccc3)c3cccc4cc(-c5ccc6c(ccc7ccc8ccc9ccccc9c8c76)c5)ccc34)cc21. The minimum atomic E-state index is -0.118. The summed E-state index contributed by atoms with van der Waals surface area (Å²) in [5.41, 5.74) is 13.5. The molecule has 0 atom stereocenters. The molecule has 1 aliphatic rings. The lowest BCUT2D eigenvalue weighted by molar-refractivity contribution is 0.660. The van der Waals surface area contributed by atoms with E-state index in [1.54, 1.807) is 0 Å². The quantitative estimate of drug-likeness (QED) is 0.158. The molecule has 0 unspecified atom stereocenters. The molecular formula is C59H41N. The first-order valence-electron chi connectivity index (χ1n) is 21.0. The van der Waals surface area contributed by atoms with E-state index in [-0.39, 0.29) is 5.41 Å². The van der Waals surface area contributed by atoms with Gasteiger partial charge in [0.15, 0.2) is 0 Å². The zero-order valence-electron chi connectivity index (χ0n) is 33.7. The molecule has 0 fully saturated rings. The van der Waals surface area contributed by atoms with Gasteiger partial charge < -0.3 is 4.90 Å². The van der Waals surface area contributed by atoms with Crippen LogP contribution in [0.1, 0.15) is 25.0 Å². The molecule has 60 heavy (non-hydrogen) atoms. The fourth-order valence-electron chi connectivity index (χ4n) is 10.2. The number of hydrogen-bond acceptors (Lipinski definition) is 1. The molecular weight excluding hydrogens is 723 g/mol. The van der Waals surface area contributed by atoms with E-state index in [2.05, 4.69) is 231 Å². The number of nitrogens with zero attached hydrogens (tertiary/aromatic N) is 1. The van der Waals surface area contributed by atoms with Gasteiger partial charge in [0.1, 0.15) is 0 Å². The van der Waals surface area contributed by atoms with Crippen molar-refractivity contribution in [2.24, 2.45) is 0 Å². The molecule has 0 aromatic heterocycles. The summed E-state index contributed by atoms with van der Waals surface area (Å²) in [5.74, 6) is 0. The first-order chi connectivity index (χ1) is 29.5. The normalized spacial score (nSPS) is 13.0. The van der Waals surface area contributed by atoms with Crippen molar-refractivity contribution in [3.63, 3.8) is 0 Å². The molecule has 11 aromatic rings. The summed E-state index contributed by atoms with van der Waals surface area (Å²) in [6.45, 7) is 4.73. The molecule has 0 saturated heterocycles. The lowest BCUT2D eigenvalue weighted by Gasteiger charge is -2.30. The monoisotopic (exact) mass is 763 g/mol. The maximum Gasteiger partial charge on any atom is 0.0540 e. The number of hydrogen-bond donors (Lipinski definition) is 0. The van der Waals surface area contributed by atoms with Crippen LogP contribution < -0.4 is 4.90 Å². The van der Waals surface area contributed by atoms with Crippen molar-refractivity contribution in [1.29, 1.82) is 0 Å². The second kappa shape index (κ2) is 13.3. The number of benzene rings is 11. The molecule has 0 N–H and O–H groups in total. The van der Waals surface area contributed by atoms with Gasteiger partial charge in [-0.25, -0.2) is 0 Å². The summed E-state index contributed by atoms with van der Waals surface area (Å²) >= 11 is 0. The molecule has 0 bridgehead atoms. The molecule has 282 valence electrons. The Morgan fingerprint density at radius 2 is 0.867 bits per heavy atom. The fourth-order valence-corrected chi connectivity index (χ4v) is 10.2. The van der Waals surface area contributed by atoms with E-state index >= 15 is 0 Å². The highest BCUT2D eigenvalue weighted by Crippen LogP contribution is 2.52. The number of rotatable bonds is 5. The van der Waals surface area contributed by atoms with Crippen molar-refractivity contribution >= 4 is 70.9 Å². The minimum absolute atomic E-state index is 0.118. The Balaban J connectivity index is 1.02. The summed E-state index contributed by atoms with van der Waals surface area (Å²) in [7, 11) is 0. The Labute approximate surface area is 350 Å². The van der Waals surface area contributed by atoms with E-state index in [1.165, 1.54) is 98.4 Å². The molecule has 1 heteroatoms. The Morgan fingerprint density at radius 1 is 0.317 bits per heavy atom. The largest absolute Gasteiger partial charge is 0.309 e. The van der Waals surface area contributed by atoms with E-state index in [1.807, 2.05) is 0 Å². The number of fused-ring (bicyclic) bond motifs is 11. The zero-order valence-corrected chi connectivity index (χ0v) is 33.7. The highest BCUT2D eigenvalue weighted by atomic mass is 15.1. The van der Waals surface area contributed by atoms with E-state index in [0.717, 1.165) is 17.1 Å². The van der Waals surface area contributed by atoms with Crippen molar-refractivity contribution < 1.29 is 0 Å². The summed E-state index contributed by atoms with van der Waals surface area (Å²) in [6.07, 6.45) is 0. The van der Waals surface area contributed by atoms with Crippen LogP contribution in [0.25, 0.3) is 87.2 Å². The Morgan fingerprint density at radius 3 is 1.65 bits per heavy atom.